The minimum absolute atomic E-state index is 0.192. The van der Waals surface area contributed by atoms with Crippen molar-refractivity contribution in [2.24, 2.45) is 10.9 Å². The van der Waals surface area contributed by atoms with Crippen molar-refractivity contribution in [2.45, 2.75) is 31.8 Å². The minimum atomic E-state index is -0.192. The normalized spacial score (nSPS) is 19.8. The van der Waals surface area contributed by atoms with Gasteiger partial charge in [0.05, 0.1) is 30.2 Å². The molecule has 0 fully saturated rings. The van der Waals surface area contributed by atoms with E-state index in [-0.39, 0.29) is 11.9 Å². The van der Waals surface area contributed by atoms with Crippen molar-refractivity contribution in [1.29, 1.82) is 0 Å². The largest absolute Gasteiger partial charge is 0.378 e. The number of para-hydroxylation sites is 1. The predicted octanol–water partition coefficient (Wildman–Crippen LogP) is 8.71. The number of aryl methyl sites for hydroxylation is 1. The van der Waals surface area contributed by atoms with Gasteiger partial charge in [-0.3, -0.25) is 4.99 Å². The molecule has 39 heavy (non-hydrogen) atoms. The average molecular weight is 512 g/mol. The highest BCUT2D eigenvalue weighted by atomic mass is 19.1. The van der Waals surface area contributed by atoms with Crippen LogP contribution in [-0.2, 0) is 6.54 Å². The van der Waals surface area contributed by atoms with Gasteiger partial charge < -0.3 is 9.88 Å². The Morgan fingerprint density at radius 2 is 1.77 bits per heavy atom. The second-order valence-electron chi connectivity index (χ2n) is 10.7. The van der Waals surface area contributed by atoms with Crippen molar-refractivity contribution in [3.63, 3.8) is 0 Å². The Labute approximate surface area is 228 Å². The van der Waals surface area contributed by atoms with Gasteiger partial charge in [-0.05, 0) is 66.8 Å². The molecule has 0 spiro atoms. The average Bonchev–Trinajstić information content (AvgIpc) is 3.59. The number of rotatable bonds is 5. The zero-order valence-electron chi connectivity index (χ0n) is 21.9. The quantitative estimate of drug-likeness (QED) is 0.186. The lowest BCUT2D eigenvalue weighted by molar-refractivity contribution is 0.425. The Kier molecular flexibility index (Phi) is 5.89. The molecule has 1 aliphatic heterocycles. The molecule has 2 aliphatic rings. The van der Waals surface area contributed by atoms with Crippen LogP contribution in [0.4, 0.5) is 15.8 Å². The van der Waals surface area contributed by atoms with Crippen molar-refractivity contribution >= 4 is 28.5 Å². The van der Waals surface area contributed by atoms with Crippen LogP contribution in [-0.4, -0.2) is 10.8 Å². The van der Waals surface area contributed by atoms with Crippen LogP contribution in [0.15, 0.2) is 114 Å². The molecule has 7 rings (SSSR count). The summed E-state index contributed by atoms with van der Waals surface area (Å²) in [6.07, 6.45) is 7.70. The Morgan fingerprint density at radius 1 is 0.949 bits per heavy atom. The number of aliphatic imine (C=N–C) groups is 1. The summed E-state index contributed by atoms with van der Waals surface area (Å²) in [6.45, 7) is 2.62. The Hall–Kier alpha value is -4.44. The van der Waals surface area contributed by atoms with Crippen LogP contribution in [0, 0.1) is 18.7 Å². The third-order valence-corrected chi connectivity index (χ3v) is 8.25. The van der Waals surface area contributed by atoms with Gasteiger partial charge in [-0.25, -0.2) is 4.39 Å². The van der Waals surface area contributed by atoms with E-state index in [0.717, 1.165) is 28.7 Å². The lowest BCUT2D eigenvalue weighted by Gasteiger charge is -2.37. The highest BCUT2D eigenvalue weighted by Crippen LogP contribution is 2.50. The molecule has 2 heterocycles. The molecule has 1 aromatic heterocycles. The SMILES string of the molecule is Cc1ccc2c(c1)[C@@H]1C=CC[C@@H]1[C@@H](c1ccc(N=Cc3cc4ccccc4n3Cc3ccccc3F)cc1)N2. The molecule has 1 aliphatic carbocycles. The van der Waals surface area contributed by atoms with Crippen LogP contribution in [0.3, 0.4) is 0 Å². The van der Waals surface area contributed by atoms with Gasteiger partial charge in [0.1, 0.15) is 5.82 Å². The highest BCUT2D eigenvalue weighted by Gasteiger charge is 2.37. The molecule has 0 bridgehead atoms. The molecule has 0 radical (unpaired) electrons. The minimum Gasteiger partial charge on any atom is -0.378 e. The second-order valence-corrected chi connectivity index (χ2v) is 10.7. The summed E-state index contributed by atoms with van der Waals surface area (Å²) in [7, 11) is 0. The first kappa shape index (κ1) is 23.7. The molecule has 192 valence electrons. The molecular formula is C35H30FN3. The Bertz CT molecular complexity index is 1730. The molecular weight excluding hydrogens is 481 g/mol. The fourth-order valence-electron chi connectivity index (χ4n) is 6.26. The fraction of sp³-hybridized carbons (Fsp3) is 0.171. The maximum Gasteiger partial charge on any atom is 0.128 e. The van der Waals surface area contributed by atoms with E-state index in [0.29, 0.717) is 23.9 Å². The van der Waals surface area contributed by atoms with E-state index >= 15 is 0 Å². The number of nitrogens with one attached hydrogen (secondary N) is 1. The zero-order valence-corrected chi connectivity index (χ0v) is 21.9. The van der Waals surface area contributed by atoms with E-state index in [2.05, 4.69) is 89.6 Å². The number of anilines is 1. The van der Waals surface area contributed by atoms with Crippen LogP contribution in [0.25, 0.3) is 10.9 Å². The summed E-state index contributed by atoms with van der Waals surface area (Å²) in [6, 6.07) is 32.9. The molecule has 5 aromatic rings. The van der Waals surface area contributed by atoms with Crippen LogP contribution in [0.2, 0.25) is 0 Å². The number of benzene rings is 4. The third-order valence-electron chi connectivity index (χ3n) is 8.25. The Balaban J connectivity index is 1.16. The van der Waals surface area contributed by atoms with Crippen molar-refractivity contribution in [2.75, 3.05) is 5.32 Å². The van der Waals surface area contributed by atoms with E-state index < -0.39 is 0 Å². The maximum absolute atomic E-state index is 14.5. The van der Waals surface area contributed by atoms with Gasteiger partial charge in [0.2, 0.25) is 0 Å². The number of halogens is 1. The highest BCUT2D eigenvalue weighted by molar-refractivity contribution is 5.91. The lowest BCUT2D eigenvalue weighted by Crippen LogP contribution is -2.29. The Morgan fingerprint density at radius 3 is 2.64 bits per heavy atom. The van der Waals surface area contributed by atoms with E-state index in [4.69, 9.17) is 4.99 Å². The molecule has 4 heteroatoms. The number of nitrogens with zero attached hydrogens (tertiary/aromatic N) is 2. The number of hydrogen-bond acceptors (Lipinski definition) is 2. The van der Waals surface area contributed by atoms with Crippen LogP contribution >= 0.6 is 0 Å². The van der Waals surface area contributed by atoms with Crippen molar-refractivity contribution < 1.29 is 4.39 Å². The monoisotopic (exact) mass is 511 g/mol. The van der Waals surface area contributed by atoms with Gasteiger partial charge in [-0.2, -0.15) is 0 Å². The topological polar surface area (TPSA) is 29.3 Å². The van der Waals surface area contributed by atoms with Gasteiger partial charge >= 0.3 is 0 Å². The first-order chi connectivity index (χ1) is 19.1. The van der Waals surface area contributed by atoms with E-state index in [1.165, 1.54) is 28.4 Å². The van der Waals surface area contributed by atoms with Crippen LogP contribution in [0.1, 0.15) is 46.3 Å². The molecule has 0 saturated heterocycles. The van der Waals surface area contributed by atoms with Crippen molar-refractivity contribution in [3.05, 3.63) is 143 Å². The summed E-state index contributed by atoms with van der Waals surface area (Å²) in [5, 5.41) is 4.94. The van der Waals surface area contributed by atoms with E-state index in [9.17, 15) is 4.39 Å². The second kappa shape index (κ2) is 9.70. The lowest BCUT2D eigenvalue weighted by atomic mass is 9.76. The maximum atomic E-state index is 14.5. The fourth-order valence-corrected chi connectivity index (χ4v) is 6.26. The van der Waals surface area contributed by atoms with Gasteiger partial charge in [0.15, 0.2) is 0 Å². The first-order valence-corrected chi connectivity index (χ1v) is 13.6. The zero-order chi connectivity index (χ0) is 26.3. The van der Waals surface area contributed by atoms with Gasteiger partial charge in [-0.15, -0.1) is 0 Å². The third kappa shape index (κ3) is 4.36. The smallest absolute Gasteiger partial charge is 0.128 e. The number of aromatic nitrogens is 1. The number of fused-ring (bicyclic) bond motifs is 4. The molecule has 4 aromatic carbocycles. The van der Waals surface area contributed by atoms with Gasteiger partial charge in [0, 0.05) is 28.1 Å². The summed E-state index contributed by atoms with van der Waals surface area (Å²) >= 11 is 0. The molecule has 0 amide bonds. The summed E-state index contributed by atoms with van der Waals surface area (Å²) in [5.74, 6) is 0.783. The van der Waals surface area contributed by atoms with Gasteiger partial charge in [-0.1, -0.05) is 78.4 Å². The molecule has 1 N–H and O–H groups in total. The molecule has 0 unspecified atom stereocenters. The predicted molar refractivity (Wildman–Crippen MR) is 159 cm³/mol. The van der Waals surface area contributed by atoms with E-state index in [1.54, 1.807) is 6.07 Å². The van der Waals surface area contributed by atoms with Crippen molar-refractivity contribution in [3.8, 4) is 0 Å². The van der Waals surface area contributed by atoms with Gasteiger partial charge in [0.25, 0.3) is 0 Å². The summed E-state index contributed by atoms with van der Waals surface area (Å²) < 4.78 is 16.6. The van der Waals surface area contributed by atoms with Crippen molar-refractivity contribution in [1.82, 2.24) is 4.57 Å². The van der Waals surface area contributed by atoms with Crippen LogP contribution < -0.4 is 5.32 Å². The summed E-state index contributed by atoms with van der Waals surface area (Å²) in [5.41, 5.74) is 8.82. The van der Waals surface area contributed by atoms with Crippen LogP contribution in [0.5, 0.6) is 0 Å². The summed E-state index contributed by atoms with van der Waals surface area (Å²) in [4.78, 5) is 4.82. The molecule has 0 saturated carbocycles. The number of hydrogen-bond donors (Lipinski definition) is 1. The van der Waals surface area contributed by atoms with E-state index in [1.807, 2.05) is 30.5 Å². The molecule has 3 nitrogen and oxygen atoms in total. The standard InChI is InChI=1S/C35H30FN3/c1-23-13-18-33-31(19-23)29-9-6-10-30(29)35(38-33)24-14-16-27(17-15-24)37-21-28-20-25-7-3-5-12-34(25)39(28)22-26-8-2-4-11-32(26)36/h2-9,11-21,29-30,35,38H,10,22H2,1H3/t29-,30+,35-/m1/s1. The molecule has 3 atom stereocenters. The first-order valence-electron chi connectivity index (χ1n) is 13.6. The number of allylic oxidation sites excluding steroid dienone is 2.